The second-order valence-electron chi connectivity index (χ2n) is 6.86. The molecule has 4 rings (SSSR count). The van der Waals surface area contributed by atoms with Crippen molar-refractivity contribution in [2.75, 3.05) is 38.7 Å². The van der Waals surface area contributed by atoms with Crippen LogP contribution in [0.3, 0.4) is 0 Å². The van der Waals surface area contributed by atoms with Crippen LogP contribution in [0.15, 0.2) is 42.5 Å². The Bertz CT molecular complexity index is 975. The van der Waals surface area contributed by atoms with Crippen LogP contribution < -0.4 is 10.1 Å². The summed E-state index contributed by atoms with van der Waals surface area (Å²) in [6, 6.07) is 12.9. The van der Waals surface area contributed by atoms with Gasteiger partial charge in [0.1, 0.15) is 11.6 Å². The van der Waals surface area contributed by atoms with E-state index in [1.54, 1.807) is 31.4 Å². The number of nitrogens with zero attached hydrogens (tertiary/aromatic N) is 3. The van der Waals surface area contributed by atoms with Crippen LogP contribution in [0.5, 0.6) is 5.75 Å². The molecule has 1 saturated heterocycles. The minimum Gasteiger partial charge on any atom is -0.497 e. The average molecular weight is 380 g/mol. The molecule has 2 aromatic carbocycles. The summed E-state index contributed by atoms with van der Waals surface area (Å²) in [5, 5.41) is 2.94. The van der Waals surface area contributed by atoms with Crippen LogP contribution in [-0.4, -0.2) is 53.8 Å². The normalized spacial score (nSPS) is 14.9. The molecule has 1 aliphatic rings. The number of fused-ring (bicyclic) bond motifs is 1. The number of methoxy groups -OCH3 is 1. The molecule has 0 saturated carbocycles. The van der Waals surface area contributed by atoms with E-state index in [9.17, 15) is 4.79 Å². The Morgan fingerprint density at radius 1 is 1.18 bits per heavy atom. The minimum absolute atomic E-state index is 0.161. The van der Waals surface area contributed by atoms with Crippen molar-refractivity contribution in [1.82, 2.24) is 14.5 Å². The maximum Gasteiger partial charge on any atom is 0.255 e. The number of carbonyl (C=O) groups is 1. The number of aromatic nitrogens is 2. The first-order valence-electron chi connectivity index (χ1n) is 9.35. The minimum atomic E-state index is -0.161. The molecule has 0 aliphatic carbocycles. The summed E-state index contributed by atoms with van der Waals surface area (Å²) >= 11 is 0. The van der Waals surface area contributed by atoms with Crippen molar-refractivity contribution in [3.8, 4) is 5.75 Å². The molecule has 1 aliphatic heterocycles. The molecule has 0 bridgehead atoms. The van der Waals surface area contributed by atoms with Crippen molar-refractivity contribution >= 4 is 22.6 Å². The van der Waals surface area contributed by atoms with Gasteiger partial charge in [-0.15, -0.1) is 0 Å². The van der Waals surface area contributed by atoms with Gasteiger partial charge in [0.25, 0.3) is 5.91 Å². The van der Waals surface area contributed by atoms with E-state index in [0.717, 1.165) is 61.1 Å². The van der Waals surface area contributed by atoms with E-state index in [-0.39, 0.29) is 5.91 Å². The van der Waals surface area contributed by atoms with Gasteiger partial charge >= 0.3 is 0 Å². The number of nitrogens with one attached hydrogen (secondary N) is 1. The molecule has 0 radical (unpaired) electrons. The third-order valence-electron chi connectivity index (χ3n) is 5.05. The van der Waals surface area contributed by atoms with Crippen molar-refractivity contribution in [2.45, 2.75) is 6.54 Å². The van der Waals surface area contributed by atoms with E-state index in [2.05, 4.69) is 14.8 Å². The fourth-order valence-electron chi connectivity index (χ4n) is 3.37. The summed E-state index contributed by atoms with van der Waals surface area (Å²) in [6.45, 7) is 4.18. The van der Waals surface area contributed by atoms with Gasteiger partial charge in [-0.3, -0.25) is 9.69 Å². The van der Waals surface area contributed by atoms with Crippen LogP contribution in [0.4, 0.5) is 5.69 Å². The molecule has 3 aromatic rings. The fraction of sp³-hybridized carbons (Fsp3) is 0.333. The number of ether oxygens (including phenoxy) is 2. The van der Waals surface area contributed by atoms with Gasteiger partial charge in [0.15, 0.2) is 0 Å². The second kappa shape index (κ2) is 8.00. The van der Waals surface area contributed by atoms with Crippen LogP contribution in [0, 0.1) is 0 Å². The Kier molecular flexibility index (Phi) is 5.27. The molecule has 2 heterocycles. The van der Waals surface area contributed by atoms with E-state index in [1.807, 2.05) is 25.2 Å². The van der Waals surface area contributed by atoms with Crippen LogP contribution >= 0.6 is 0 Å². The largest absolute Gasteiger partial charge is 0.497 e. The maximum atomic E-state index is 12.5. The van der Waals surface area contributed by atoms with Crippen molar-refractivity contribution < 1.29 is 14.3 Å². The first kappa shape index (κ1) is 18.5. The highest BCUT2D eigenvalue weighted by atomic mass is 16.5. The van der Waals surface area contributed by atoms with E-state index < -0.39 is 0 Å². The van der Waals surface area contributed by atoms with E-state index in [0.29, 0.717) is 5.56 Å². The van der Waals surface area contributed by atoms with E-state index >= 15 is 0 Å². The number of rotatable bonds is 5. The monoisotopic (exact) mass is 380 g/mol. The number of benzene rings is 2. The van der Waals surface area contributed by atoms with Gasteiger partial charge in [-0.25, -0.2) is 4.98 Å². The SMILES string of the molecule is COc1ccc(C(=O)Nc2ccc3c(c2)nc(CN2CCOCC2)n3C)cc1. The van der Waals surface area contributed by atoms with Gasteiger partial charge < -0.3 is 19.4 Å². The van der Waals surface area contributed by atoms with E-state index in [4.69, 9.17) is 14.5 Å². The third-order valence-corrected chi connectivity index (χ3v) is 5.05. The standard InChI is InChI=1S/C21H24N4O3/c1-24-19-8-5-16(22-21(26)15-3-6-17(27-2)7-4-15)13-18(19)23-20(24)14-25-9-11-28-12-10-25/h3-8,13H,9-12,14H2,1-2H3,(H,22,26). The fourth-order valence-corrected chi connectivity index (χ4v) is 3.37. The maximum absolute atomic E-state index is 12.5. The van der Waals surface area contributed by atoms with Crippen LogP contribution in [-0.2, 0) is 18.3 Å². The molecule has 1 fully saturated rings. The number of carbonyl (C=O) groups excluding carboxylic acids is 1. The third kappa shape index (κ3) is 3.85. The van der Waals surface area contributed by atoms with Crippen LogP contribution in [0.1, 0.15) is 16.2 Å². The van der Waals surface area contributed by atoms with Crippen LogP contribution in [0.25, 0.3) is 11.0 Å². The summed E-state index contributed by atoms with van der Waals surface area (Å²) in [5.41, 5.74) is 3.23. The summed E-state index contributed by atoms with van der Waals surface area (Å²) in [7, 11) is 3.63. The highest BCUT2D eigenvalue weighted by molar-refractivity contribution is 6.05. The molecule has 0 atom stereocenters. The van der Waals surface area contributed by atoms with Crippen molar-refractivity contribution in [3.05, 3.63) is 53.9 Å². The van der Waals surface area contributed by atoms with Crippen molar-refractivity contribution in [3.63, 3.8) is 0 Å². The highest BCUT2D eigenvalue weighted by Crippen LogP contribution is 2.21. The summed E-state index contributed by atoms with van der Waals surface area (Å²) in [6.07, 6.45) is 0. The van der Waals surface area contributed by atoms with E-state index in [1.165, 1.54) is 0 Å². The molecule has 7 heteroatoms. The zero-order valence-corrected chi connectivity index (χ0v) is 16.1. The number of hydrogen-bond donors (Lipinski definition) is 1. The number of hydrogen-bond acceptors (Lipinski definition) is 5. The van der Waals surface area contributed by atoms with Crippen molar-refractivity contribution in [2.24, 2.45) is 7.05 Å². The number of morpholine rings is 1. The van der Waals surface area contributed by atoms with Crippen molar-refractivity contribution in [1.29, 1.82) is 0 Å². The Balaban J connectivity index is 1.51. The van der Waals surface area contributed by atoms with Gasteiger partial charge in [0.2, 0.25) is 0 Å². The number of imidazole rings is 1. The molecule has 7 nitrogen and oxygen atoms in total. The Labute approximate surface area is 163 Å². The number of amides is 1. The quantitative estimate of drug-likeness (QED) is 0.737. The Morgan fingerprint density at radius 3 is 2.64 bits per heavy atom. The molecule has 146 valence electrons. The lowest BCUT2D eigenvalue weighted by Crippen LogP contribution is -2.36. The molecular formula is C21H24N4O3. The molecule has 1 N–H and O–H groups in total. The average Bonchev–Trinajstić information content (AvgIpc) is 3.03. The Morgan fingerprint density at radius 2 is 1.93 bits per heavy atom. The topological polar surface area (TPSA) is 68.6 Å². The highest BCUT2D eigenvalue weighted by Gasteiger charge is 2.16. The predicted octanol–water partition coefficient (Wildman–Crippen LogP) is 2.67. The number of anilines is 1. The first-order valence-corrected chi connectivity index (χ1v) is 9.35. The first-order chi connectivity index (χ1) is 13.6. The molecule has 28 heavy (non-hydrogen) atoms. The van der Waals surface area contributed by atoms with Gasteiger partial charge in [-0.05, 0) is 42.5 Å². The lowest BCUT2D eigenvalue weighted by Gasteiger charge is -2.26. The zero-order valence-electron chi connectivity index (χ0n) is 16.1. The smallest absolute Gasteiger partial charge is 0.255 e. The molecule has 0 spiro atoms. The predicted molar refractivity (Wildman–Crippen MR) is 108 cm³/mol. The lowest BCUT2D eigenvalue weighted by molar-refractivity contribution is 0.0328. The van der Waals surface area contributed by atoms with Gasteiger partial charge in [0.05, 0.1) is 37.9 Å². The molecule has 1 aromatic heterocycles. The summed E-state index contributed by atoms with van der Waals surface area (Å²) in [4.78, 5) is 19.6. The van der Waals surface area contributed by atoms with Gasteiger partial charge in [0, 0.05) is 31.4 Å². The van der Waals surface area contributed by atoms with Crippen LogP contribution in [0.2, 0.25) is 0 Å². The summed E-state index contributed by atoms with van der Waals surface area (Å²) < 4.78 is 12.7. The molecule has 1 amide bonds. The summed E-state index contributed by atoms with van der Waals surface area (Å²) in [5.74, 6) is 1.57. The van der Waals surface area contributed by atoms with Gasteiger partial charge in [-0.2, -0.15) is 0 Å². The zero-order chi connectivity index (χ0) is 19.5. The Hall–Kier alpha value is -2.90. The second-order valence-corrected chi connectivity index (χ2v) is 6.86. The molecule has 0 unspecified atom stereocenters. The lowest BCUT2D eigenvalue weighted by atomic mass is 10.2. The number of aryl methyl sites for hydroxylation is 1. The molecular weight excluding hydrogens is 356 g/mol. The van der Waals surface area contributed by atoms with Gasteiger partial charge in [-0.1, -0.05) is 0 Å².